The molecule has 1 aromatic heterocycles. The summed E-state index contributed by atoms with van der Waals surface area (Å²) in [7, 11) is -3.72. The molecule has 0 aliphatic carbocycles. The van der Waals surface area contributed by atoms with Crippen molar-refractivity contribution in [3.05, 3.63) is 71.9 Å². The third-order valence-corrected chi connectivity index (χ3v) is 5.19. The van der Waals surface area contributed by atoms with Gasteiger partial charge in [0, 0.05) is 22.7 Å². The number of nitrogens with one attached hydrogen (secondary N) is 1. The van der Waals surface area contributed by atoms with Crippen LogP contribution in [0.5, 0.6) is 0 Å². The molecule has 5 nitrogen and oxygen atoms in total. The van der Waals surface area contributed by atoms with E-state index in [1.165, 1.54) is 13.0 Å². The predicted octanol–water partition coefficient (Wildman–Crippen LogP) is 2.77. The molecule has 3 rings (SSSR count). The third kappa shape index (κ3) is 3.97. The van der Waals surface area contributed by atoms with Crippen molar-refractivity contribution in [2.75, 3.05) is 6.54 Å². The SMILES string of the molecule is CC(=O)c1ccc(C#CCNS(=O)(=O)c2cccc3cccnc23)cc1. The van der Waals surface area contributed by atoms with Crippen molar-refractivity contribution in [2.45, 2.75) is 11.8 Å². The fraction of sp³-hybridized carbons (Fsp3) is 0.100. The van der Waals surface area contributed by atoms with Gasteiger partial charge in [-0.05, 0) is 31.2 Å². The number of hydrogen-bond donors (Lipinski definition) is 1. The van der Waals surface area contributed by atoms with Gasteiger partial charge in [0.05, 0.1) is 12.1 Å². The van der Waals surface area contributed by atoms with Crippen LogP contribution in [0.1, 0.15) is 22.8 Å². The Morgan fingerprint density at radius 3 is 2.54 bits per heavy atom. The topological polar surface area (TPSA) is 76.1 Å². The van der Waals surface area contributed by atoms with Crippen LogP contribution in [0, 0.1) is 11.8 Å². The van der Waals surface area contributed by atoms with Crippen LogP contribution >= 0.6 is 0 Å². The van der Waals surface area contributed by atoms with Gasteiger partial charge in [0.1, 0.15) is 4.90 Å². The van der Waals surface area contributed by atoms with E-state index in [1.54, 1.807) is 42.6 Å². The van der Waals surface area contributed by atoms with E-state index in [-0.39, 0.29) is 17.2 Å². The first-order chi connectivity index (χ1) is 12.5. The van der Waals surface area contributed by atoms with Crippen molar-refractivity contribution in [3.63, 3.8) is 0 Å². The summed E-state index contributed by atoms with van der Waals surface area (Å²) in [4.78, 5) is 15.5. The summed E-state index contributed by atoms with van der Waals surface area (Å²) in [5, 5.41) is 0.757. The monoisotopic (exact) mass is 364 g/mol. The smallest absolute Gasteiger partial charge is 0.243 e. The Labute approximate surface area is 152 Å². The average Bonchev–Trinajstić information content (AvgIpc) is 2.65. The lowest BCUT2D eigenvalue weighted by molar-refractivity contribution is 0.101. The van der Waals surface area contributed by atoms with E-state index >= 15 is 0 Å². The predicted molar refractivity (Wildman–Crippen MR) is 100 cm³/mol. The molecule has 3 aromatic rings. The molecule has 0 saturated heterocycles. The summed E-state index contributed by atoms with van der Waals surface area (Å²) in [6.07, 6.45) is 1.56. The van der Waals surface area contributed by atoms with Crippen molar-refractivity contribution in [1.82, 2.24) is 9.71 Å². The van der Waals surface area contributed by atoms with Crippen LogP contribution in [-0.2, 0) is 10.0 Å². The molecule has 0 aliphatic heterocycles. The first-order valence-electron chi connectivity index (χ1n) is 7.91. The fourth-order valence-corrected chi connectivity index (χ4v) is 3.54. The van der Waals surface area contributed by atoms with E-state index in [9.17, 15) is 13.2 Å². The van der Waals surface area contributed by atoms with E-state index in [0.717, 1.165) is 5.39 Å². The van der Waals surface area contributed by atoms with Crippen LogP contribution in [-0.4, -0.2) is 25.7 Å². The molecular formula is C20H16N2O3S. The van der Waals surface area contributed by atoms with Gasteiger partial charge in [-0.3, -0.25) is 9.78 Å². The molecule has 0 aliphatic rings. The number of fused-ring (bicyclic) bond motifs is 1. The highest BCUT2D eigenvalue weighted by Crippen LogP contribution is 2.20. The summed E-state index contributed by atoms with van der Waals surface area (Å²) in [5.41, 5.74) is 1.75. The zero-order valence-electron chi connectivity index (χ0n) is 14.1. The van der Waals surface area contributed by atoms with Crippen molar-refractivity contribution < 1.29 is 13.2 Å². The molecule has 2 aromatic carbocycles. The molecule has 0 spiro atoms. The van der Waals surface area contributed by atoms with Gasteiger partial charge in [0.25, 0.3) is 0 Å². The van der Waals surface area contributed by atoms with E-state index in [2.05, 4.69) is 21.5 Å². The van der Waals surface area contributed by atoms with E-state index < -0.39 is 10.0 Å². The number of nitrogens with zero attached hydrogens (tertiary/aromatic N) is 1. The minimum atomic E-state index is -3.72. The number of Topliss-reactive ketones (excluding diaryl/α,β-unsaturated/α-hetero) is 1. The molecule has 0 fully saturated rings. The first kappa shape index (κ1) is 17.8. The minimum Gasteiger partial charge on any atom is -0.295 e. The van der Waals surface area contributed by atoms with Gasteiger partial charge < -0.3 is 0 Å². The lowest BCUT2D eigenvalue weighted by atomic mass is 10.1. The second-order valence-corrected chi connectivity index (χ2v) is 7.33. The molecule has 1 N–H and O–H groups in total. The number of hydrogen-bond acceptors (Lipinski definition) is 4. The van der Waals surface area contributed by atoms with Crippen LogP contribution in [0.3, 0.4) is 0 Å². The van der Waals surface area contributed by atoms with E-state index in [4.69, 9.17) is 0 Å². The highest BCUT2D eigenvalue weighted by molar-refractivity contribution is 7.89. The van der Waals surface area contributed by atoms with Crippen LogP contribution < -0.4 is 4.72 Å². The maximum absolute atomic E-state index is 12.5. The highest BCUT2D eigenvalue weighted by Gasteiger charge is 2.16. The molecule has 0 amide bonds. The second-order valence-electron chi connectivity index (χ2n) is 5.59. The summed E-state index contributed by atoms with van der Waals surface area (Å²) >= 11 is 0. The van der Waals surface area contributed by atoms with Crippen LogP contribution in [0.15, 0.2) is 65.7 Å². The minimum absolute atomic E-state index is 0.0130. The van der Waals surface area contributed by atoms with Gasteiger partial charge in [0.15, 0.2) is 5.78 Å². The van der Waals surface area contributed by atoms with Crippen LogP contribution in [0.4, 0.5) is 0 Å². The highest BCUT2D eigenvalue weighted by atomic mass is 32.2. The Bertz CT molecular complexity index is 1120. The number of carbonyl (C=O) groups is 1. The maximum Gasteiger partial charge on any atom is 0.243 e. The Balaban J connectivity index is 1.74. The Kier molecular flexibility index (Phi) is 5.12. The zero-order valence-corrected chi connectivity index (χ0v) is 14.9. The lowest BCUT2D eigenvalue weighted by Crippen LogP contribution is -2.24. The first-order valence-corrected chi connectivity index (χ1v) is 9.39. The lowest BCUT2D eigenvalue weighted by Gasteiger charge is -2.06. The van der Waals surface area contributed by atoms with E-state index in [1.807, 2.05) is 12.1 Å². The van der Waals surface area contributed by atoms with Crippen molar-refractivity contribution in [1.29, 1.82) is 0 Å². The second kappa shape index (κ2) is 7.48. The number of rotatable bonds is 4. The van der Waals surface area contributed by atoms with Crippen molar-refractivity contribution in [2.24, 2.45) is 0 Å². The molecule has 0 atom stereocenters. The Morgan fingerprint density at radius 2 is 1.81 bits per heavy atom. The molecule has 0 radical (unpaired) electrons. The van der Waals surface area contributed by atoms with Crippen LogP contribution in [0.25, 0.3) is 10.9 Å². The summed E-state index contributed by atoms with van der Waals surface area (Å²) in [6, 6.07) is 15.4. The quantitative estimate of drug-likeness (QED) is 0.570. The van der Waals surface area contributed by atoms with Gasteiger partial charge in [-0.25, -0.2) is 8.42 Å². The number of pyridine rings is 1. The summed E-state index contributed by atoms with van der Waals surface area (Å²) in [5.74, 6) is 5.63. The van der Waals surface area contributed by atoms with E-state index in [0.29, 0.717) is 16.6 Å². The molecule has 0 bridgehead atoms. The molecule has 6 heteroatoms. The third-order valence-electron chi connectivity index (χ3n) is 3.76. The number of sulfonamides is 1. The van der Waals surface area contributed by atoms with Gasteiger partial charge in [-0.2, -0.15) is 4.72 Å². The van der Waals surface area contributed by atoms with Crippen LogP contribution in [0.2, 0.25) is 0 Å². The number of ketones is 1. The van der Waals surface area contributed by atoms with Gasteiger partial charge in [-0.1, -0.05) is 42.2 Å². The largest absolute Gasteiger partial charge is 0.295 e. The number of benzene rings is 2. The molecule has 130 valence electrons. The molecule has 0 saturated carbocycles. The summed E-state index contributed by atoms with van der Waals surface area (Å²) < 4.78 is 27.5. The van der Waals surface area contributed by atoms with Crippen molar-refractivity contribution >= 4 is 26.7 Å². The average molecular weight is 364 g/mol. The fourth-order valence-electron chi connectivity index (χ4n) is 2.44. The molecular weight excluding hydrogens is 348 g/mol. The maximum atomic E-state index is 12.5. The zero-order chi connectivity index (χ0) is 18.6. The molecule has 26 heavy (non-hydrogen) atoms. The number of aromatic nitrogens is 1. The molecule has 1 heterocycles. The number of para-hydroxylation sites is 1. The van der Waals surface area contributed by atoms with Gasteiger partial charge in [-0.15, -0.1) is 0 Å². The number of carbonyl (C=O) groups excluding carboxylic acids is 1. The van der Waals surface area contributed by atoms with Crippen molar-refractivity contribution in [3.8, 4) is 11.8 Å². The van der Waals surface area contributed by atoms with Gasteiger partial charge >= 0.3 is 0 Å². The summed E-state index contributed by atoms with van der Waals surface area (Å²) in [6.45, 7) is 1.47. The Hall–Kier alpha value is -3.01. The Morgan fingerprint density at radius 1 is 1.08 bits per heavy atom. The molecule has 0 unspecified atom stereocenters. The standard InChI is InChI=1S/C20H16N2O3S/c1-15(23)17-11-9-16(10-12-17)5-3-14-22-26(24,25)19-8-2-6-18-7-4-13-21-20(18)19/h2,4,6-13,22H,14H2,1H3. The normalized spacial score (nSPS) is 11.0. The van der Waals surface area contributed by atoms with Gasteiger partial charge in [0.2, 0.25) is 10.0 Å².